The zero-order chi connectivity index (χ0) is 71.2. The number of furan rings is 1. The molecule has 0 radical (unpaired) electrons. The summed E-state index contributed by atoms with van der Waals surface area (Å²) in [5.41, 5.74) is 42.9. The van der Waals surface area contributed by atoms with Gasteiger partial charge in [-0.3, -0.25) is 0 Å². The van der Waals surface area contributed by atoms with Crippen LogP contribution in [0.2, 0.25) is 0 Å². The molecule has 6 aliphatic carbocycles. The fourth-order valence-corrected chi connectivity index (χ4v) is 21.4. The summed E-state index contributed by atoms with van der Waals surface area (Å²) in [6.07, 6.45) is 1.78. The Kier molecular flexibility index (Phi) is 12.3. The lowest BCUT2D eigenvalue weighted by molar-refractivity contribution is 0.657. The molecule has 2 unspecified atom stereocenters. The number of hydrogen-bond donors (Lipinski definition) is 0. The zero-order valence-corrected chi connectivity index (χ0v) is 60.7. The third-order valence-electron chi connectivity index (χ3n) is 25.3. The van der Waals surface area contributed by atoms with Crippen molar-refractivity contribution >= 4 is 53.4 Å². The van der Waals surface area contributed by atoms with E-state index in [4.69, 9.17) is 24.4 Å². The predicted molar refractivity (Wildman–Crippen MR) is 444 cm³/mol. The molecule has 0 spiro atoms. The van der Waals surface area contributed by atoms with Gasteiger partial charge in [0, 0.05) is 104 Å². The van der Waals surface area contributed by atoms with Crippen molar-refractivity contribution in [3.05, 3.63) is 347 Å². The van der Waals surface area contributed by atoms with E-state index >= 15 is 0 Å². The smallest absolute Gasteiger partial charge is 0.160 e. The molecule has 0 aliphatic heterocycles. The van der Waals surface area contributed by atoms with Gasteiger partial charge < -0.3 is 4.42 Å². The summed E-state index contributed by atoms with van der Waals surface area (Å²) >= 11 is 1.88. The predicted octanol–water partition coefficient (Wildman–Crippen LogP) is 26.5. The van der Waals surface area contributed by atoms with E-state index in [-0.39, 0.29) is 22.7 Å². The number of fused-ring (bicyclic) bond motifs is 22. The van der Waals surface area contributed by atoms with E-state index in [1.54, 1.807) is 0 Å². The van der Waals surface area contributed by atoms with Crippen LogP contribution in [-0.2, 0) is 23.7 Å². The Labute approximate surface area is 629 Å². The van der Waals surface area contributed by atoms with Gasteiger partial charge in [0.25, 0.3) is 0 Å². The molecule has 506 valence electrons. The molecule has 0 saturated heterocycles. The van der Waals surface area contributed by atoms with Gasteiger partial charge in [-0.2, -0.15) is 0 Å². The molecule has 0 saturated carbocycles. The van der Waals surface area contributed by atoms with Gasteiger partial charge in [-0.25, -0.2) is 19.9 Å². The van der Waals surface area contributed by atoms with E-state index in [1.807, 2.05) is 11.3 Å². The van der Waals surface area contributed by atoms with Crippen LogP contribution in [0.4, 0.5) is 0 Å². The van der Waals surface area contributed by atoms with Crippen LogP contribution in [0.15, 0.2) is 296 Å². The molecule has 24 rings (SSSR count). The lowest BCUT2D eigenvalue weighted by Crippen LogP contribution is -2.17. The summed E-state index contributed by atoms with van der Waals surface area (Å²) in [7, 11) is 0. The van der Waals surface area contributed by atoms with Crippen molar-refractivity contribution in [2.45, 2.75) is 63.2 Å². The highest BCUT2D eigenvalue weighted by atomic mass is 32.1. The zero-order valence-electron chi connectivity index (χ0n) is 59.9. The molecule has 5 nitrogen and oxygen atoms in total. The van der Waals surface area contributed by atoms with Crippen LogP contribution in [0.25, 0.3) is 188 Å². The van der Waals surface area contributed by atoms with Crippen molar-refractivity contribution in [2.24, 2.45) is 0 Å². The Balaban J connectivity index is 0.555. The number of benzene rings is 14. The SMILES string of the molecule is CC1(C)c2ccccc2-c2nc(-c3ccc4c(c3)CC3c5cc(-c6ccc7sc8cc(-c9ccc%10c(c9)-c9nc(-c%11ccc%12c(c%11)CC%11c%13cc(-c%14cccc%15c%14oc%14ccccc%14%15)ccc%13-c%13cccc-%12c%13%11)nc(-c%11ccccc%11)c9C%10(C)C)ccc8c7c6)ccc5-c5cccc-4c53)nc(-c3ccccc3)c21. The third-order valence-corrected chi connectivity index (χ3v) is 26.5. The summed E-state index contributed by atoms with van der Waals surface area (Å²) in [6, 6.07) is 109. The molecule has 0 fully saturated rings. The average Bonchev–Trinajstić information content (AvgIpc) is 1.56. The van der Waals surface area contributed by atoms with Crippen molar-refractivity contribution in [3.8, 4) is 146 Å². The number of aromatic nitrogens is 4. The molecule has 18 aromatic rings. The molecular weight excluding hydrogens is 1330 g/mol. The van der Waals surface area contributed by atoms with E-state index in [2.05, 4.69) is 319 Å². The highest BCUT2D eigenvalue weighted by Gasteiger charge is 2.44. The van der Waals surface area contributed by atoms with Gasteiger partial charge in [0.2, 0.25) is 0 Å². The van der Waals surface area contributed by atoms with Crippen molar-refractivity contribution in [1.29, 1.82) is 0 Å². The highest BCUT2D eigenvalue weighted by Crippen LogP contribution is 2.60. The summed E-state index contributed by atoms with van der Waals surface area (Å²) in [5.74, 6) is 1.94. The van der Waals surface area contributed by atoms with Crippen molar-refractivity contribution in [3.63, 3.8) is 0 Å². The number of para-hydroxylation sites is 2. The van der Waals surface area contributed by atoms with Crippen LogP contribution >= 0.6 is 11.3 Å². The first-order valence-electron chi connectivity index (χ1n) is 37.9. The lowest BCUT2D eigenvalue weighted by atomic mass is 9.77. The van der Waals surface area contributed by atoms with E-state index in [9.17, 15) is 0 Å². The van der Waals surface area contributed by atoms with Crippen molar-refractivity contribution in [1.82, 2.24) is 19.9 Å². The Morgan fingerprint density at radius 3 is 1.43 bits per heavy atom. The number of hydrogen-bond acceptors (Lipinski definition) is 6. The first kappa shape index (κ1) is 60.5. The molecular formula is C102H66N4OS. The minimum atomic E-state index is -0.362. The molecule has 2 atom stereocenters. The molecule has 14 aromatic carbocycles. The second-order valence-corrected chi connectivity index (χ2v) is 32.8. The van der Waals surface area contributed by atoms with Crippen LogP contribution in [0, 0.1) is 0 Å². The normalized spacial score (nSPS) is 15.7. The minimum Gasteiger partial charge on any atom is -0.455 e. The Bertz CT molecular complexity index is 7070. The molecule has 4 heterocycles. The molecule has 0 bridgehead atoms. The second-order valence-electron chi connectivity index (χ2n) is 31.7. The molecule has 108 heavy (non-hydrogen) atoms. The number of rotatable bonds is 7. The number of thiophene rings is 1. The maximum atomic E-state index is 6.60. The van der Waals surface area contributed by atoms with Crippen LogP contribution < -0.4 is 0 Å². The van der Waals surface area contributed by atoms with Crippen LogP contribution in [0.3, 0.4) is 0 Å². The molecule has 4 aromatic heterocycles. The van der Waals surface area contributed by atoms with Crippen LogP contribution in [0.1, 0.15) is 95.2 Å². The van der Waals surface area contributed by atoms with Gasteiger partial charge in [0.1, 0.15) is 11.2 Å². The summed E-state index contributed by atoms with van der Waals surface area (Å²) < 4.78 is 9.16. The van der Waals surface area contributed by atoms with Crippen LogP contribution in [-0.4, -0.2) is 19.9 Å². The summed E-state index contributed by atoms with van der Waals surface area (Å²) in [5, 5.41) is 4.86. The molecule has 6 aliphatic rings. The maximum absolute atomic E-state index is 6.60. The van der Waals surface area contributed by atoms with Gasteiger partial charge >= 0.3 is 0 Å². The summed E-state index contributed by atoms with van der Waals surface area (Å²) in [4.78, 5) is 22.4. The first-order valence-corrected chi connectivity index (χ1v) is 38.7. The van der Waals surface area contributed by atoms with Crippen molar-refractivity contribution in [2.75, 3.05) is 0 Å². The fourth-order valence-electron chi connectivity index (χ4n) is 20.3. The van der Waals surface area contributed by atoms with Gasteiger partial charge in [0.05, 0.1) is 22.8 Å². The monoisotopic (exact) mass is 1390 g/mol. The quantitative estimate of drug-likeness (QED) is 0.159. The minimum absolute atomic E-state index is 0.203. The Hall–Kier alpha value is -12.7. The first-order chi connectivity index (χ1) is 53.0. The average molecular weight is 1400 g/mol. The highest BCUT2D eigenvalue weighted by molar-refractivity contribution is 7.25. The van der Waals surface area contributed by atoms with Crippen LogP contribution in [0.5, 0.6) is 0 Å². The van der Waals surface area contributed by atoms with E-state index < -0.39 is 0 Å². The van der Waals surface area contributed by atoms with Gasteiger partial charge in [-0.05, 0) is 184 Å². The maximum Gasteiger partial charge on any atom is 0.160 e. The van der Waals surface area contributed by atoms with E-state index in [0.717, 1.165) is 97.0 Å². The third kappa shape index (κ3) is 8.46. The summed E-state index contributed by atoms with van der Waals surface area (Å²) in [6.45, 7) is 9.34. The molecule has 0 amide bonds. The standard InChI is InChI=1S/C102H66N4OS/c1-101(2)85-30-13-11-23-78(85)96-92(101)94(55-18-7-5-8-19-55)103-99(105-96)62-35-39-66-64(46-62)52-82-79-48-57(32-41-69(79)75-27-16-25-73(66)90(75)82)59-38-45-88-81(49-59)72-43-33-60(54-89(72)108-88)58-37-44-86-84(50-58)97-93(102(86,3)4)95(56-20-9-6-10-21-56)104-100(106-97)63-36-40-67-65(47-63)53-83-80-51-61(34-42-70(80)76-28-17-26-74(67)91(76)83)68-24-15-29-77-71-22-12-14-31-87(71)107-98(68)77/h5-51,54,82-83H,52-53H2,1-4H3. The van der Waals surface area contributed by atoms with E-state index in [0.29, 0.717) is 0 Å². The topological polar surface area (TPSA) is 64.7 Å². The second kappa shape index (κ2) is 21.9. The van der Waals surface area contributed by atoms with Gasteiger partial charge in [-0.1, -0.05) is 264 Å². The van der Waals surface area contributed by atoms with Gasteiger partial charge in [-0.15, -0.1) is 11.3 Å². The Morgan fingerprint density at radius 1 is 0.296 bits per heavy atom. The largest absolute Gasteiger partial charge is 0.455 e. The van der Waals surface area contributed by atoms with Crippen molar-refractivity contribution < 1.29 is 4.42 Å². The fraction of sp³-hybridized carbons (Fsp3) is 0.0980. The molecule has 0 N–H and O–H groups in total. The van der Waals surface area contributed by atoms with Gasteiger partial charge in [0.15, 0.2) is 11.6 Å². The number of nitrogens with zero attached hydrogens (tertiary/aromatic N) is 4. The lowest BCUT2D eigenvalue weighted by Gasteiger charge is -2.26. The Morgan fingerprint density at radius 2 is 0.759 bits per heavy atom. The van der Waals surface area contributed by atoms with E-state index in [1.165, 1.54) is 159 Å². The molecule has 6 heteroatoms.